The highest BCUT2D eigenvalue weighted by atomic mass is 35.5. The minimum atomic E-state index is -0.417. The first-order valence-electron chi connectivity index (χ1n) is 3.17. The monoisotopic (exact) mass is 204 g/mol. The highest BCUT2D eigenvalue weighted by Gasteiger charge is 2.09. The van der Waals surface area contributed by atoms with Gasteiger partial charge in [0, 0.05) is 6.20 Å². The summed E-state index contributed by atoms with van der Waals surface area (Å²) in [5.74, 6) is -0.417. The van der Waals surface area contributed by atoms with Gasteiger partial charge in [0.15, 0.2) is 5.82 Å². The number of H-pyrrole nitrogens is 1. The molecular weight excluding hydrogens is 202 g/mol. The minimum Gasteiger partial charge on any atom is -0.343 e. The van der Waals surface area contributed by atoms with E-state index in [1.165, 1.54) is 12.3 Å². The number of aromatic nitrogens is 2. The fourth-order valence-corrected chi connectivity index (χ4v) is 1.55. The normalized spacial score (nSPS) is 10.9. The van der Waals surface area contributed by atoms with Crippen molar-refractivity contribution in [2.75, 3.05) is 0 Å². The van der Waals surface area contributed by atoms with Crippen molar-refractivity contribution < 1.29 is 4.39 Å². The van der Waals surface area contributed by atoms with Gasteiger partial charge in [0.05, 0.1) is 10.4 Å². The molecule has 2 heterocycles. The van der Waals surface area contributed by atoms with Gasteiger partial charge in [-0.25, -0.2) is 9.37 Å². The van der Waals surface area contributed by atoms with Crippen molar-refractivity contribution in [1.82, 2.24) is 9.97 Å². The van der Waals surface area contributed by atoms with Gasteiger partial charge in [-0.05, 0) is 6.07 Å². The van der Waals surface area contributed by atoms with E-state index in [1.54, 1.807) is 0 Å². The maximum Gasteiger partial charge on any atom is 0.151 e. The average molecular weight is 205 g/mol. The third kappa shape index (κ3) is 1.06. The second kappa shape index (κ2) is 2.61. The molecular formula is C7H3Cl2FN2. The number of hydrogen-bond donors (Lipinski definition) is 1. The van der Waals surface area contributed by atoms with E-state index >= 15 is 0 Å². The molecule has 12 heavy (non-hydrogen) atoms. The maximum atomic E-state index is 12.9. The second-order valence-electron chi connectivity index (χ2n) is 2.29. The fraction of sp³-hybridized carbons (Fsp3) is 0. The largest absolute Gasteiger partial charge is 0.343 e. The van der Waals surface area contributed by atoms with Gasteiger partial charge in [-0.15, -0.1) is 0 Å². The predicted molar refractivity (Wildman–Crippen MR) is 46.1 cm³/mol. The first-order chi connectivity index (χ1) is 5.68. The number of nitrogens with one attached hydrogen (secondary N) is 1. The van der Waals surface area contributed by atoms with Crippen LogP contribution in [0.4, 0.5) is 4.39 Å². The van der Waals surface area contributed by atoms with Crippen molar-refractivity contribution >= 4 is 34.2 Å². The zero-order chi connectivity index (χ0) is 8.72. The Balaban J connectivity index is 2.93. The molecule has 62 valence electrons. The molecule has 0 aliphatic carbocycles. The Kier molecular flexibility index (Phi) is 1.70. The lowest BCUT2D eigenvalue weighted by Gasteiger charge is -1.93. The summed E-state index contributed by atoms with van der Waals surface area (Å²) >= 11 is 11.3. The Morgan fingerprint density at radius 3 is 2.92 bits per heavy atom. The second-order valence-corrected chi connectivity index (χ2v) is 3.08. The summed E-state index contributed by atoms with van der Waals surface area (Å²) in [5.41, 5.74) is 0.366. The Morgan fingerprint density at radius 2 is 2.17 bits per heavy atom. The zero-order valence-electron chi connectivity index (χ0n) is 5.74. The highest BCUT2D eigenvalue weighted by Crippen LogP contribution is 2.26. The Hall–Kier alpha value is -0.800. The van der Waals surface area contributed by atoms with Gasteiger partial charge in [-0.3, -0.25) is 0 Å². The predicted octanol–water partition coefficient (Wildman–Crippen LogP) is 3.01. The van der Waals surface area contributed by atoms with Crippen molar-refractivity contribution in [1.29, 1.82) is 0 Å². The molecule has 0 spiro atoms. The summed E-state index contributed by atoms with van der Waals surface area (Å²) in [5, 5.41) is 0.791. The van der Waals surface area contributed by atoms with Gasteiger partial charge in [0.25, 0.3) is 0 Å². The van der Waals surface area contributed by atoms with Crippen molar-refractivity contribution in [3.8, 4) is 0 Å². The molecule has 1 N–H and O–H groups in total. The van der Waals surface area contributed by atoms with Gasteiger partial charge in [0.2, 0.25) is 0 Å². The zero-order valence-corrected chi connectivity index (χ0v) is 7.25. The van der Waals surface area contributed by atoms with Crippen LogP contribution in [0.1, 0.15) is 0 Å². The third-order valence-electron chi connectivity index (χ3n) is 1.51. The summed E-state index contributed by atoms with van der Waals surface area (Å²) in [6, 6.07) is 1.41. The van der Waals surface area contributed by atoms with Crippen LogP contribution >= 0.6 is 23.2 Å². The van der Waals surface area contributed by atoms with Gasteiger partial charge in [-0.1, -0.05) is 23.2 Å². The average Bonchev–Trinajstić information content (AvgIpc) is 2.31. The van der Waals surface area contributed by atoms with Crippen LogP contribution in [0.15, 0.2) is 12.3 Å². The maximum absolute atomic E-state index is 12.9. The van der Waals surface area contributed by atoms with Gasteiger partial charge < -0.3 is 4.98 Å². The van der Waals surface area contributed by atoms with E-state index in [4.69, 9.17) is 23.2 Å². The lowest BCUT2D eigenvalue weighted by molar-refractivity contribution is 0.639. The smallest absolute Gasteiger partial charge is 0.151 e. The molecule has 0 aliphatic rings. The molecule has 5 heteroatoms. The third-order valence-corrected chi connectivity index (χ3v) is 2.01. The molecule has 0 bridgehead atoms. The molecule has 0 fully saturated rings. The SMILES string of the molecule is Fc1c[nH]c2nc(Cl)cc(Cl)c12. The van der Waals surface area contributed by atoms with E-state index in [0.29, 0.717) is 5.65 Å². The van der Waals surface area contributed by atoms with E-state index in [9.17, 15) is 4.39 Å². The lowest BCUT2D eigenvalue weighted by Crippen LogP contribution is -1.79. The van der Waals surface area contributed by atoms with E-state index in [1.807, 2.05) is 0 Å². The number of pyridine rings is 1. The molecule has 0 aliphatic heterocycles. The fourth-order valence-electron chi connectivity index (χ4n) is 1.02. The molecule has 0 aromatic carbocycles. The van der Waals surface area contributed by atoms with Crippen LogP contribution in [0.2, 0.25) is 10.2 Å². The number of nitrogens with zero attached hydrogens (tertiary/aromatic N) is 1. The van der Waals surface area contributed by atoms with Crippen molar-refractivity contribution in [3.05, 3.63) is 28.3 Å². The quantitative estimate of drug-likeness (QED) is 0.658. The molecule has 0 unspecified atom stereocenters. The Labute approximate surface area is 77.3 Å². The first-order valence-corrected chi connectivity index (χ1v) is 3.92. The number of rotatable bonds is 0. The number of hydrogen-bond acceptors (Lipinski definition) is 1. The van der Waals surface area contributed by atoms with Crippen LogP contribution in [0.3, 0.4) is 0 Å². The first kappa shape index (κ1) is 7.83. The molecule has 2 aromatic rings. The van der Waals surface area contributed by atoms with E-state index < -0.39 is 5.82 Å². The van der Waals surface area contributed by atoms with Gasteiger partial charge in [-0.2, -0.15) is 0 Å². The Bertz CT molecular complexity index is 438. The molecule has 0 atom stereocenters. The molecule has 2 rings (SSSR count). The van der Waals surface area contributed by atoms with Crippen molar-refractivity contribution in [2.24, 2.45) is 0 Å². The van der Waals surface area contributed by atoms with E-state index in [2.05, 4.69) is 9.97 Å². The molecule has 2 nitrogen and oxygen atoms in total. The van der Waals surface area contributed by atoms with Crippen molar-refractivity contribution in [3.63, 3.8) is 0 Å². The van der Waals surface area contributed by atoms with Crippen molar-refractivity contribution in [2.45, 2.75) is 0 Å². The van der Waals surface area contributed by atoms with Gasteiger partial charge in [0.1, 0.15) is 10.8 Å². The van der Waals surface area contributed by atoms with E-state index in [0.717, 1.165) is 0 Å². The molecule has 2 aromatic heterocycles. The van der Waals surface area contributed by atoms with Crippen LogP contribution in [0, 0.1) is 5.82 Å². The summed E-state index contributed by atoms with van der Waals surface area (Å²) in [4.78, 5) is 6.46. The number of aromatic amines is 1. The summed E-state index contributed by atoms with van der Waals surface area (Å²) in [6.07, 6.45) is 1.19. The lowest BCUT2D eigenvalue weighted by atomic mass is 10.3. The molecule has 0 saturated heterocycles. The van der Waals surface area contributed by atoms with Crippen LogP contribution in [-0.4, -0.2) is 9.97 Å². The molecule has 0 amide bonds. The number of fused-ring (bicyclic) bond motifs is 1. The Morgan fingerprint density at radius 1 is 1.42 bits per heavy atom. The van der Waals surface area contributed by atoms with Gasteiger partial charge >= 0.3 is 0 Å². The summed E-state index contributed by atoms with van der Waals surface area (Å²) in [6.45, 7) is 0. The molecule has 0 saturated carbocycles. The van der Waals surface area contributed by atoms with Crippen LogP contribution in [0.25, 0.3) is 11.0 Å². The summed E-state index contributed by atoms with van der Waals surface area (Å²) in [7, 11) is 0. The summed E-state index contributed by atoms with van der Waals surface area (Å²) < 4.78 is 12.9. The van der Waals surface area contributed by atoms with Crippen LogP contribution in [0.5, 0.6) is 0 Å². The van der Waals surface area contributed by atoms with E-state index in [-0.39, 0.29) is 15.6 Å². The minimum absolute atomic E-state index is 0.245. The topological polar surface area (TPSA) is 28.7 Å². The van der Waals surface area contributed by atoms with Crippen LogP contribution in [-0.2, 0) is 0 Å². The molecule has 0 radical (unpaired) electrons. The van der Waals surface area contributed by atoms with Crippen LogP contribution < -0.4 is 0 Å². The number of halogens is 3. The highest BCUT2D eigenvalue weighted by molar-refractivity contribution is 6.37. The standard InChI is InChI=1S/C7H3Cl2FN2/c8-3-1-5(9)12-7-6(3)4(10)2-11-7/h1-2H,(H,11,12).